The van der Waals surface area contributed by atoms with Crippen LogP contribution in [0.3, 0.4) is 0 Å². The maximum absolute atomic E-state index is 9.15. The normalized spacial score (nSPS) is 20.7. The first-order valence-corrected chi connectivity index (χ1v) is 7.85. The van der Waals surface area contributed by atoms with Crippen molar-refractivity contribution >= 4 is 0 Å². The fourth-order valence-electron chi connectivity index (χ4n) is 2.79. The Morgan fingerprint density at radius 2 is 2.25 bits per heavy atom. The topological polar surface area (TPSA) is 62.4 Å². The molecule has 0 radical (unpaired) electrons. The second-order valence-corrected chi connectivity index (χ2v) is 6.17. The highest BCUT2D eigenvalue weighted by Crippen LogP contribution is 2.21. The lowest BCUT2D eigenvalue weighted by molar-refractivity contribution is 0.100. The Labute approximate surface area is 121 Å². The predicted molar refractivity (Wildman–Crippen MR) is 77.2 cm³/mol. The van der Waals surface area contributed by atoms with Gasteiger partial charge >= 0.3 is 0 Å². The van der Waals surface area contributed by atoms with E-state index in [-0.39, 0.29) is 6.61 Å². The van der Waals surface area contributed by atoms with Crippen molar-refractivity contribution < 1.29 is 9.63 Å². The van der Waals surface area contributed by atoms with Gasteiger partial charge in [-0.2, -0.15) is 4.98 Å². The van der Waals surface area contributed by atoms with E-state index < -0.39 is 0 Å². The Morgan fingerprint density at radius 3 is 3.00 bits per heavy atom. The highest BCUT2D eigenvalue weighted by Gasteiger charge is 2.23. The summed E-state index contributed by atoms with van der Waals surface area (Å²) in [6.07, 6.45) is 6.46. The van der Waals surface area contributed by atoms with Gasteiger partial charge in [0.05, 0.1) is 6.54 Å². The van der Waals surface area contributed by atoms with Crippen LogP contribution in [0.1, 0.15) is 57.7 Å². The minimum atomic E-state index is 0.255. The number of likely N-dealkylation sites (tertiary alicyclic amines) is 1. The molecule has 1 aromatic heterocycles. The number of piperidine rings is 1. The second kappa shape index (κ2) is 7.74. The molecule has 0 aromatic carbocycles. The third-order valence-corrected chi connectivity index (χ3v) is 4.01. The molecule has 0 bridgehead atoms. The van der Waals surface area contributed by atoms with Crippen molar-refractivity contribution in [3.63, 3.8) is 0 Å². The third-order valence-electron chi connectivity index (χ3n) is 4.01. The smallest absolute Gasteiger partial charge is 0.240 e. The molecule has 1 unspecified atom stereocenters. The minimum Gasteiger partial charge on any atom is -0.396 e. The highest BCUT2D eigenvalue weighted by atomic mass is 16.5. The van der Waals surface area contributed by atoms with Crippen LogP contribution in [0.25, 0.3) is 0 Å². The first kappa shape index (κ1) is 15.4. The SMILES string of the molecule is CC(C)CCc1noc(CN2CCCCC2CCO)n1. The number of aryl methyl sites for hydroxylation is 1. The molecule has 0 aliphatic carbocycles. The quantitative estimate of drug-likeness (QED) is 0.831. The Kier molecular flexibility index (Phi) is 5.98. The average Bonchev–Trinajstić information content (AvgIpc) is 2.87. The maximum Gasteiger partial charge on any atom is 0.240 e. The van der Waals surface area contributed by atoms with Crippen LogP contribution in [0.15, 0.2) is 4.52 Å². The molecule has 1 saturated heterocycles. The fraction of sp³-hybridized carbons (Fsp3) is 0.867. The summed E-state index contributed by atoms with van der Waals surface area (Å²) < 4.78 is 5.36. The van der Waals surface area contributed by atoms with E-state index >= 15 is 0 Å². The van der Waals surface area contributed by atoms with Gasteiger partial charge in [-0.3, -0.25) is 4.90 Å². The Morgan fingerprint density at radius 1 is 1.40 bits per heavy atom. The molecule has 114 valence electrons. The summed E-state index contributed by atoms with van der Waals surface area (Å²) in [6.45, 7) is 6.45. The summed E-state index contributed by atoms with van der Waals surface area (Å²) in [6, 6.07) is 0.458. The van der Waals surface area contributed by atoms with Gasteiger partial charge in [0.15, 0.2) is 5.82 Å². The first-order valence-electron chi connectivity index (χ1n) is 7.85. The summed E-state index contributed by atoms with van der Waals surface area (Å²) in [7, 11) is 0. The zero-order chi connectivity index (χ0) is 14.4. The Hall–Kier alpha value is -0.940. The van der Waals surface area contributed by atoms with E-state index in [9.17, 15) is 0 Å². The standard InChI is InChI=1S/C15H27N3O2/c1-12(2)6-7-14-16-15(20-17-14)11-18-9-4-3-5-13(18)8-10-19/h12-13,19H,3-11H2,1-2H3. The Balaban J connectivity index is 1.88. The molecule has 1 N–H and O–H groups in total. The first-order chi connectivity index (χ1) is 9.69. The molecule has 1 fully saturated rings. The van der Waals surface area contributed by atoms with Gasteiger partial charge in [0.1, 0.15) is 0 Å². The number of aliphatic hydroxyl groups is 1. The number of rotatable bonds is 7. The van der Waals surface area contributed by atoms with Crippen LogP contribution in [0, 0.1) is 5.92 Å². The Bertz CT molecular complexity index is 390. The van der Waals surface area contributed by atoms with E-state index in [1.807, 2.05) is 0 Å². The van der Waals surface area contributed by atoms with Gasteiger partial charge in [-0.05, 0) is 38.1 Å². The lowest BCUT2D eigenvalue weighted by Crippen LogP contribution is -2.39. The summed E-state index contributed by atoms with van der Waals surface area (Å²) >= 11 is 0. The second-order valence-electron chi connectivity index (χ2n) is 6.17. The molecule has 0 amide bonds. The van der Waals surface area contributed by atoms with Crippen LogP contribution in [0.5, 0.6) is 0 Å². The summed E-state index contributed by atoms with van der Waals surface area (Å²) in [4.78, 5) is 6.86. The molecule has 1 aliphatic heterocycles. The number of aliphatic hydroxyl groups excluding tert-OH is 1. The van der Waals surface area contributed by atoms with Crippen LogP contribution in [-0.4, -0.2) is 39.3 Å². The van der Waals surface area contributed by atoms with Crippen LogP contribution in [-0.2, 0) is 13.0 Å². The van der Waals surface area contributed by atoms with Crippen molar-refractivity contribution in [2.75, 3.05) is 13.2 Å². The van der Waals surface area contributed by atoms with Crippen LogP contribution in [0.2, 0.25) is 0 Å². The van der Waals surface area contributed by atoms with E-state index in [2.05, 4.69) is 28.9 Å². The van der Waals surface area contributed by atoms with E-state index in [4.69, 9.17) is 9.63 Å². The van der Waals surface area contributed by atoms with E-state index in [1.165, 1.54) is 12.8 Å². The molecular weight excluding hydrogens is 254 g/mol. The molecule has 2 heterocycles. The van der Waals surface area contributed by atoms with E-state index in [0.29, 0.717) is 17.9 Å². The molecule has 1 atom stereocenters. The average molecular weight is 281 g/mol. The fourth-order valence-corrected chi connectivity index (χ4v) is 2.79. The zero-order valence-corrected chi connectivity index (χ0v) is 12.7. The molecule has 2 rings (SSSR count). The molecule has 5 nitrogen and oxygen atoms in total. The van der Waals surface area contributed by atoms with Crippen molar-refractivity contribution in [2.45, 2.75) is 65.0 Å². The number of nitrogens with zero attached hydrogens (tertiary/aromatic N) is 3. The molecule has 20 heavy (non-hydrogen) atoms. The van der Waals surface area contributed by atoms with Gasteiger partial charge in [-0.1, -0.05) is 25.4 Å². The van der Waals surface area contributed by atoms with Crippen molar-refractivity contribution in [1.29, 1.82) is 0 Å². The van der Waals surface area contributed by atoms with Gasteiger partial charge < -0.3 is 9.63 Å². The van der Waals surface area contributed by atoms with Crippen molar-refractivity contribution in [2.24, 2.45) is 5.92 Å². The lowest BCUT2D eigenvalue weighted by Gasteiger charge is -2.34. The zero-order valence-electron chi connectivity index (χ0n) is 12.7. The van der Waals surface area contributed by atoms with Crippen LogP contribution >= 0.6 is 0 Å². The summed E-state index contributed by atoms with van der Waals surface area (Å²) in [5.41, 5.74) is 0. The number of hydrogen-bond acceptors (Lipinski definition) is 5. The minimum absolute atomic E-state index is 0.255. The molecule has 0 spiro atoms. The highest BCUT2D eigenvalue weighted by molar-refractivity contribution is 4.89. The van der Waals surface area contributed by atoms with Gasteiger partial charge in [-0.25, -0.2) is 0 Å². The van der Waals surface area contributed by atoms with Crippen LogP contribution < -0.4 is 0 Å². The van der Waals surface area contributed by atoms with Gasteiger partial charge in [0.25, 0.3) is 0 Å². The molecule has 5 heteroatoms. The monoisotopic (exact) mass is 281 g/mol. The number of aromatic nitrogens is 2. The number of hydrogen-bond donors (Lipinski definition) is 1. The molecular formula is C15H27N3O2. The van der Waals surface area contributed by atoms with Gasteiger partial charge in [-0.15, -0.1) is 0 Å². The van der Waals surface area contributed by atoms with Crippen molar-refractivity contribution in [3.8, 4) is 0 Å². The van der Waals surface area contributed by atoms with Crippen molar-refractivity contribution in [3.05, 3.63) is 11.7 Å². The van der Waals surface area contributed by atoms with E-state index in [0.717, 1.165) is 44.6 Å². The maximum atomic E-state index is 9.15. The largest absolute Gasteiger partial charge is 0.396 e. The summed E-state index contributed by atoms with van der Waals surface area (Å²) in [5, 5.41) is 13.2. The molecule has 1 aliphatic rings. The summed E-state index contributed by atoms with van der Waals surface area (Å²) in [5.74, 6) is 2.20. The molecule has 1 aromatic rings. The van der Waals surface area contributed by atoms with Gasteiger partial charge in [0.2, 0.25) is 5.89 Å². The third kappa shape index (κ3) is 4.56. The lowest BCUT2D eigenvalue weighted by atomic mass is 10.00. The molecule has 0 saturated carbocycles. The van der Waals surface area contributed by atoms with Crippen molar-refractivity contribution in [1.82, 2.24) is 15.0 Å². The van der Waals surface area contributed by atoms with Gasteiger partial charge in [0, 0.05) is 19.1 Å². The predicted octanol–water partition coefficient (Wildman–Crippen LogP) is 2.40. The van der Waals surface area contributed by atoms with Crippen LogP contribution in [0.4, 0.5) is 0 Å². The van der Waals surface area contributed by atoms with E-state index in [1.54, 1.807) is 0 Å².